The topological polar surface area (TPSA) is 81.4 Å². The second-order valence-corrected chi connectivity index (χ2v) is 6.63. The zero-order valence-corrected chi connectivity index (χ0v) is 12.4. The molecule has 0 fully saturated rings. The molecule has 1 N–H and O–H groups in total. The first-order valence-electron chi connectivity index (χ1n) is 6.59. The molecule has 0 amide bonds. The SMILES string of the molecule is CCCN(CCO)CCS(=O)(=O)c1cccc(C#N)c1. The van der Waals surface area contributed by atoms with Crippen molar-refractivity contribution in [2.75, 3.05) is 32.0 Å². The van der Waals surface area contributed by atoms with Gasteiger partial charge in [0.1, 0.15) is 0 Å². The van der Waals surface area contributed by atoms with Crippen molar-refractivity contribution in [3.05, 3.63) is 29.8 Å². The van der Waals surface area contributed by atoms with Gasteiger partial charge in [-0.2, -0.15) is 5.26 Å². The molecule has 0 heterocycles. The zero-order chi connectivity index (χ0) is 15.0. The molecule has 0 unspecified atom stereocenters. The van der Waals surface area contributed by atoms with E-state index in [9.17, 15) is 8.42 Å². The smallest absolute Gasteiger partial charge is 0.179 e. The van der Waals surface area contributed by atoms with Gasteiger partial charge in [-0.25, -0.2) is 8.42 Å². The molecule has 0 aliphatic carbocycles. The van der Waals surface area contributed by atoms with Crippen molar-refractivity contribution >= 4 is 9.84 Å². The molecule has 0 aliphatic heterocycles. The highest BCUT2D eigenvalue weighted by molar-refractivity contribution is 7.91. The standard InChI is InChI=1S/C14H20N2O3S/c1-2-6-16(7-9-17)8-10-20(18,19)14-5-3-4-13(11-14)12-15/h3-5,11,17H,2,6-10H2,1H3. The van der Waals surface area contributed by atoms with Gasteiger partial charge >= 0.3 is 0 Å². The van der Waals surface area contributed by atoms with Crippen molar-refractivity contribution in [3.8, 4) is 6.07 Å². The normalized spacial score (nSPS) is 11.5. The van der Waals surface area contributed by atoms with Crippen LogP contribution < -0.4 is 0 Å². The number of benzene rings is 1. The van der Waals surface area contributed by atoms with Crippen LogP contribution in [0.2, 0.25) is 0 Å². The van der Waals surface area contributed by atoms with Gasteiger partial charge in [0.2, 0.25) is 0 Å². The van der Waals surface area contributed by atoms with E-state index in [1.165, 1.54) is 12.1 Å². The van der Waals surface area contributed by atoms with Crippen LogP contribution in [0.25, 0.3) is 0 Å². The lowest BCUT2D eigenvalue weighted by Gasteiger charge is -2.20. The van der Waals surface area contributed by atoms with E-state index in [4.69, 9.17) is 10.4 Å². The number of hydrogen-bond acceptors (Lipinski definition) is 5. The van der Waals surface area contributed by atoms with E-state index < -0.39 is 9.84 Å². The molecule has 1 aromatic rings. The number of aliphatic hydroxyl groups is 1. The third-order valence-corrected chi connectivity index (χ3v) is 4.65. The van der Waals surface area contributed by atoms with Crippen LogP contribution in [0.4, 0.5) is 0 Å². The van der Waals surface area contributed by atoms with Crippen LogP contribution in [-0.4, -0.2) is 50.4 Å². The Labute approximate surface area is 120 Å². The fourth-order valence-electron chi connectivity index (χ4n) is 1.92. The van der Waals surface area contributed by atoms with Crippen LogP contribution in [0, 0.1) is 11.3 Å². The second-order valence-electron chi connectivity index (χ2n) is 4.52. The Morgan fingerprint density at radius 1 is 1.30 bits per heavy atom. The van der Waals surface area contributed by atoms with E-state index in [0.29, 0.717) is 18.7 Å². The molecule has 0 atom stereocenters. The van der Waals surface area contributed by atoms with E-state index in [0.717, 1.165) is 13.0 Å². The summed E-state index contributed by atoms with van der Waals surface area (Å²) in [5.41, 5.74) is 0.340. The molecule has 0 radical (unpaired) electrons. The largest absolute Gasteiger partial charge is 0.395 e. The van der Waals surface area contributed by atoms with Crippen LogP contribution in [0.3, 0.4) is 0 Å². The molecule has 110 valence electrons. The molecule has 1 rings (SSSR count). The van der Waals surface area contributed by atoms with Crippen LogP contribution in [0.5, 0.6) is 0 Å². The highest BCUT2D eigenvalue weighted by Crippen LogP contribution is 2.13. The van der Waals surface area contributed by atoms with Gasteiger partial charge in [-0.3, -0.25) is 0 Å². The van der Waals surface area contributed by atoms with Gasteiger partial charge in [-0.15, -0.1) is 0 Å². The third-order valence-electron chi connectivity index (χ3n) is 2.95. The predicted octanol–water partition coefficient (Wildman–Crippen LogP) is 1.04. The Morgan fingerprint density at radius 2 is 2.05 bits per heavy atom. The van der Waals surface area contributed by atoms with Gasteiger partial charge in [0, 0.05) is 13.1 Å². The maximum atomic E-state index is 12.2. The number of nitriles is 1. The van der Waals surface area contributed by atoms with E-state index in [-0.39, 0.29) is 17.3 Å². The Hall–Kier alpha value is -1.42. The van der Waals surface area contributed by atoms with E-state index in [1.54, 1.807) is 12.1 Å². The fraction of sp³-hybridized carbons (Fsp3) is 0.500. The highest BCUT2D eigenvalue weighted by atomic mass is 32.2. The molecule has 6 heteroatoms. The van der Waals surface area contributed by atoms with Crippen molar-refractivity contribution in [1.82, 2.24) is 4.90 Å². The predicted molar refractivity (Wildman–Crippen MR) is 77.0 cm³/mol. The van der Waals surface area contributed by atoms with Crippen LogP contribution in [-0.2, 0) is 9.84 Å². The summed E-state index contributed by atoms with van der Waals surface area (Å²) < 4.78 is 24.4. The van der Waals surface area contributed by atoms with Gasteiger partial charge in [-0.05, 0) is 31.2 Å². The molecular weight excluding hydrogens is 276 g/mol. The summed E-state index contributed by atoms with van der Waals surface area (Å²) in [4.78, 5) is 2.10. The molecule has 0 aliphatic rings. The summed E-state index contributed by atoms with van der Waals surface area (Å²) in [6, 6.07) is 7.99. The highest BCUT2D eigenvalue weighted by Gasteiger charge is 2.16. The first-order valence-corrected chi connectivity index (χ1v) is 8.25. The quantitative estimate of drug-likeness (QED) is 0.775. The number of rotatable bonds is 8. The lowest BCUT2D eigenvalue weighted by Crippen LogP contribution is -2.32. The molecule has 0 aromatic heterocycles. The Balaban J connectivity index is 2.76. The van der Waals surface area contributed by atoms with Crippen LogP contribution in [0.15, 0.2) is 29.2 Å². The fourth-order valence-corrected chi connectivity index (χ4v) is 3.25. The summed E-state index contributed by atoms with van der Waals surface area (Å²) in [6.45, 7) is 3.64. The lowest BCUT2D eigenvalue weighted by atomic mass is 10.2. The van der Waals surface area contributed by atoms with Crippen LogP contribution >= 0.6 is 0 Å². The maximum Gasteiger partial charge on any atom is 0.179 e. The number of nitrogens with zero attached hydrogens (tertiary/aromatic N) is 2. The van der Waals surface area contributed by atoms with Gasteiger partial charge in [0.05, 0.1) is 28.9 Å². The molecule has 20 heavy (non-hydrogen) atoms. The summed E-state index contributed by atoms with van der Waals surface area (Å²) in [7, 11) is -3.40. The molecule has 0 saturated heterocycles. The van der Waals surface area contributed by atoms with Crippen molar-refractivity contribution in [2.24, 2.45) is 0 Å². The minimum absolute atomic E-state index is 0.0120. The summed E-state index contributed by atoms with van der Waals surface area (Å²) in [5, 5.41) is 17.8. The summed E-state index contributed by atoms with van der Waals surface area (Å²) >= 11 is 0. The molecule has 0 bridgehead atoms. The van der Waals surface area contributed by atoms with Crippen molar-refractivity contribution in [3.63, 3.8) is 0 Å². The summed E-state index contributed by atoms with van der Waals surface area (Å²) in [5.74, 6) is -0.0120. The molecule has 5 nitrogen and oxygen atoms in total. The van der Waals surface area contributed by atoms with Gasteiger partial charge < -0.3 is 10.0 Å². The van der Waals surface area contributed by atoms with Crippen molar-refractivity contribution in [2.45, 2.75) is 18.2 Å². The number of hydrogen-bond donors (Lipinski definition) is 1. The van der Waals surface area contributed by atoms with Crippen molar-refractivity contribution in [1.29, 1.82) is 5.26 Å². The monoisotopic (exact) mass is 296 g/mol. The average molecular weight is 296 g/mol. The molecular formula is C14H20N2O3S. The van der Waals surface area contributed by atoms with Gasteiger partial charge in [0.25, 0.3) is 0 Å². The van der Waals surface area contributed by atoms with E-state index in [2.05, 4.69) is 0 Å². The number of aliphatic hydroxyl groups excluding tert-OH is 1. The first kappa shape index (κ1) is 16.6. The Bertz CT molecular complexity index is 558. The third kappa shape index (κ3) is 4.93. The molecule has 0 saturated carbocycles. The summed E-state index contributed by atoms with van der Waals surface area (Å²) in [6.07, 6.45) is 0.907. The lowest BCUT2D eigenvalue weighted by molar-refractivity contribution is 0.203. The molecule has 0 spiro atoms. The van der Waals surface area contributed by atoms with Gasteiger partial charge in [-0.1, -0.05) is 13.0 Å². The van der Waals surface area contributed by atoms with Crippen molar-refractivity contribution < 1.29 is 13.5 Å². The maximum absolute atomic E-state index is 12.2. The zero-order valence-electron chi connectivity index (χ0n) is 11.6. The first-order chi connectivity index (χ1) is 9.53. The Kier molecular flexibility index (Phi) is 6.65. The Morgan fingerprint density at radius 3 is 2.65 bits per heavy atom. The average Bonchev–Trinajstić information content (AvgIpc) is 2.45. The number of sulfone groups is 1. The van der Waals surface area contributed by atoms with Crippen LogP contribution in [0.1, 0.15) is 18.9 Å². The minimum atomic E-state index is -3.40. The second kappa shape index (κ2) is 8.00. The van der Waals surface area contributed by atoms with Gasteiger partial charge in [0.15, 0.2) is 9.84 Å². The minimum Gasteiger partial charge on any atom is -0.395 e. The van der Waals surface area contributed by atoms with E-state index in [1.807, 2.05) is 17.9 Å². The van der Waals surface area contributed by atoms with E-state index >= 15 is 0 Å². The molecule has 1 aromatic carbocycles.